The zero-order valence-corrected chi connectivity index (χ0v) is 10.4. The van der Waals surface area contributed by atoms with E-state index in [4.69, 9.17) is 4.52 Å². The van der Waals surface area contributed by atoms with Crippen LogP contribution in [0, 0.1) is 5.82 Å². The Hall–Kier alpha value is -2.45. The summed E-state index contributed by atoms with van der Waals surface area (Å²) < 4.78 is 53.5. The van der Waals surface area contributed by atoms with Crippen molar-refractivity contribution in [3.05, 3.63) is 35.9 Å². The summed E-state index contributed by atoms with van der Waals surface area (Å²) in [5, 5.41) is 5.53. The van der Waals surface area contributed by atoms with Gasteiger partial charge in [0.05, 0.1) is 6.54 Å². The Morgan fingerprint density at radius 2 is 1.90 bits per heavy atom. The number of carbonyl (C=O) groups excluding carboxylic acids is 1. The molecule has 0 saturated carbocycles. The van der Waals surface area contributed by atoms with Gasteiger partial charge in [-0.2, -0.15) is 18.2 Å². The predicted molar refractivity (Wildman–Crippen MR) is 62.2 cm³/mol. The molecule has 1 amide bonds. The van der Waals surface area contributed by atoms with Gasteiger partial charge in [-0.1, -0.05) is 5.16 Å². The normalized spacial score (nSPS) is 11.4. The van der Waals surface area contributed by atoms with Gasteiger partial charge in [0.25, 0.3) is 5.89 Å². The van der Waals surface area contributed by atoms with E-state index in [2.05, 4.69) is 10.1 Å². The lowest BCUT2D eigenvalue weighted by molar-refractivity contribution is -0.153. The van der Waals surface area contributed by atoms with Gasteiger partial charge in [0, 0.05) is 5.56 Å². The van der Waals surface area contributed by atoms with Crippen LogP contribution in [-0.4, -0.2) is 22.2 Å². The van der Waals surface area contributed by atoms with Gasteiger partial charge in [-0.05, 0) is 24.3 Å². The second kappa shape index (κ2) is 5.90. The van der Waals surface area contributed by atoms with E-state index in [0.717, 1.165) is 0 Å². The number of amides is 1. The molecule has 2 rings (SSSR count). The van der Waals surface area contributed by atoms with Crippen molar-refractivity contribution >= 4 is 5.91 Å². The van der Waals surface area contributed by atoms with E-state index in [0.29, 0.717) is 5.56 Å². The molecule has 0 aliphatic heterocycles. The van der Waals surface area contributed by atoms with Crippen molar-refractivity contribution < 1.29 is 26.9 Å². The molecule has 0 spiro atoms. The topological polar surface area (TPSA) is 68.0 Å². The van der Waals surface area contributed by atoms with Crippen LogP contribution in [0.1, 0.15) is 12.2 Å². The average molecular weight is 303 g/mol. The maximum atomic E-state index is 12.7. The smallest absolute Gasteiger partial charge is 0.348 e. The number of halogens is 4. The number of nitrogens with one attached hydrogen (secondary N) is 1. The van der Waals surface area contributed by atoms with Crippen molar-refractivity contribution in [3.63, 3.8) is 0 Å². The highest BCUT2D eigenvalue weighted by Crippen LogP contribution is 2.19. The summed E-state index contributed by atoms with van der Waals surface area (Å²) in [5.74, 6) is -1.52. The number of hydrogen-bond acceptors (Lipinski definition) is 4. The average Bonchev–Trinajstić information content (AvgIpc) is 2.84. The minimum atomic E-state index is -4.57. The van der Waals surface area contributed by atoms with Crippen LogP contribution in [0.3, 0.4) is 0 Å². The third-order valence-electron chi connectivity index (χ3n) is 2.36. The molecule has 0 saturated heterocycles. The molecule has 2 aromatic rings. The quantitative estimate of drug-likeness (QED) is 0.881. The minimum Gasteiger partial charge on any atom is -0.348 e. The lowest BCUT2D eigenvalue weighted by Crippen LogP contribution is -2.28. The number of rotatable bonds is 4. The fourth-order valence-electron chi connectivity index (χ4n) is 1.46. The van der Waals surface area contributed by atoms with Crippen LogP contribution < -0.4 is 5.32 Å². The van der Waals surface area contributed by atoms with E-state index < -0.39 is 24.3 Å². The van der Waals surface area contributed by atoms with Crippen LogP contribution >= 0.6 is 0 Å². The van der Waals surface area contributed by atoms with Crippen molar-refractivity contribution in [1.29, 1.82) is 0 Å². The third-order valence-corrected chi connectivity index (χ3v) is 2.36. The Bertz CT molecular complexity index is 622. The van der Waals surface area contributed by atoms with E-state index in [-0.39, 0.29) is 18.3 Å². The summed E-state index contributed by atoms with van der Waals surface area (Å²) in [6, 6.07) is 5.22. The summed E-state index contributed by atoms with van der Waals surface area (Å²) in [4.78, 5) is 14.9. The van der Waals surface area contributed by atoms with E-state index in [9.17, 15) is 22.4 Å². The molecule has 0 aliphatic carbocycles. The molecule has 0 radical (unpaired) electrons. The molecule has 5 nitrogen and oxygen atoms in total. The van der Waals surface area contributed by atoms with Gasteiger partial charge in [0.2, 0.25) is 5.91 Å². The standard InChI is InChI=1S/C12H9F4N3O2/c13-8-3-1-7(2-4-8)11-18-9(19-21-11)6-17-10(20)5-12(14,15)16/h1-4H,5-6H2,(H,17,20). The van der Waals surface area contributed by atoms with Crippen LogP contribution in [0.4, 0.5) is 17.6 Å². The zero-order chi connectivity index (χ0) is 15.5. The molecule has 0 bridgehead atoms. The fraction of sp³-hybridized carbons (Fsp3) is 0.250. The largest absolute Gasteiger partial charge is 0.397 e. The maximum Gasteiger partial charge on any atom is 0.397 e. The highest BCUT2D eigenvalue weighted by atomic mass is 19.4. The molecule has 9 heteroatoms. The van der Waals surface area contributed by atoms with Crippen LogP contribution in [0.25, 0.3) is 11.5 Å². The van der Waals surface area contributed by atoms with E-state index in [1.54, 1.807) is 0 Å². The molecular weight excluding hydrogens is 294 g/mol. The molecule has 1 N–H and O–H groups in total. The lowest BCUT2D eigenvalue weighted by atomic mass is 10.2. The SMILES string of the molecule is O=C(CC(F)(F)F)NCc1noc(-c2ccc(F)cc2)n1. The second-order valence-corrected chi connectivity index (χ2v) is 4.09. The van der Waals surface area contributed by atoms with Gasteiger partial charge in [-0.25, -0.2) is 4.39 Å². The number of nitrogens with zero attached hydrogens (tertiary/aromatic N) is 2. The highest BCUT2D eigenvalue weighted by molar-refractivity contribution is 5.76. The zero-order valence-electron chi connectivity index (χ0n) is 10.4. The molecule has 1 aromatic heterocycles. The molecule has 0 fully saturated rings. The summed E-state index contributed by atoms with van der Waals surface area (Å²) >= 11 is 0. The van der Waals surface area contributed by atoms with Gasteiger partial charge in [0.1, 0.15) is 12.2 Å². The summed E-state index contributed by atoms with van der Waals surface area (Å²) in [5.41, 5.74) is 0.455. The van der Waals surface area contributed by atoms with Crippen LogP contribution in [0.15, 0.2) is 28.8 Å². The molecule has 1 heterocycles. The van der Waals surface area contributed by atoms with Crippen molar-refractivity contribution in [2.75, 3.05) is 0 Å². The Labute approximate surface area is 116 Å². The van der Waals surface area contributed by atoms with Crippen LogP contribution in [0.2, 0.25) is 0 Å². The van der Waals surface area contributed by atoms with Crippen molar-refractivity contribution in [3.8, 4) is 11.5 Å². The number of benzene rings is 1. The predicted octanol–water partition coefficient (Wildman–Crippen LogP) is 2.44. The summed E-state index contributed by atoms with van der Waals surface area (Å²) in [6.45, 7) is -0.292. The van der Waals surface area contributed by atoms with Crippen molar-refractivity contribution in [2.24, 2.45) is 0 Å². The lowest BCUT2D eigenvalue weighted by Gasteiger charge is -2.05. The monoisotopic (exact) mass is 303 g/mol. The number of alkyl halides is 3. The first-order valence-electron chi connectivity index (χ1n) is 5.75. The molecule has 0 atom stereocenters. The van der Waals surface area contributed by atoms with Gasteiger partial charge in [-0.15, -0.1) is 0 Å². The number of hydrogen-bond donors (Lipinski definition) is 1. The molecule has 112 valence electrons. The Morgan fingerprint density at radius 3 is 2.52 bits per heavy atom. The minimum absolute atomic E-state index is 0.0184. The van der Waals surface area contributed by atoms with Gasteiger partial charge in [0.15, 0.2) is 5.82 Å². The van der Waals surface area contributed by atoms with E-state index >= 15 is 0 Å². The van der Waals surface area contributed by atoms with Crippen LogP contribution in [-0.2, 0) is 11.3 Å². The molecule has 0 aliphatic rings. The van der Waals surface area contributed by atoms with Gasteiger partial charge >= 0.3 is 6.18 Å². The highest BCUT2D eigenvalue weighted by Gasteiger charge is 2.31. The summed E-state index contributed by atoms with van der Waals surface area (Å²) in [6.07, 6.45) is -6.14. The first-order chi connectivity index (χ1) is 9.83. The van der Waals surface area contributed by atoms with E-state index in [1.165, 1.54) is 24.3 Å². The van der Waals surface area contributed by atoms with E-state index in [1.807, 2.05) is 5.32 Å². The Kier molecular flexibility index (Phi) is 4.20. The van der Waals surface area contributed by atoms with Crippen molar-refractivity contribution in [1.82, 2.24) is 15.5 Å². The molecular formula is C12H9F4N3O2. The van der Waals surface area contributed by atoms with Gasteiger partial charge in [-0.3, -0.25) is 4.79 Å². The molecule has 21 heavy (non-hydrogen) atoms. The Morgan fingerprint density at radius 1 is 1.24 bits per heavy atom. The first kappa shape index (κ1) is 14.9. The van der Waals surface area contributed by atoms with Crippen LogP contribution in [0.5, 0.6) is 0 Å². The molecule has 1 aromatic carbocycles. The maximum absolute atomic E-state index is 12.7. The van der Waals surface area contributed by atoms with Gasteiger partial charge < -0.3 is 9.84 Å². The molecule has 0 unspecified atom stereocenters. The third kappa shape index (κ3) is 4.55. The fourth-order valence-corrected chi connectivity index (χ4v) is 1.46. The number of aromatic nitrogens is 2. The second-order valence-electron chi connectivity index (χ2n) is 4.09. The van der Waals surface area contributed by atoms with Crippen molar-refractivity contribution in [2.45, 2.75) is 19.1 Å². The first-order valence-corrected chi connectivity index (χ1v) is 5.75. The number of carbonyl (C=O) groups is 1. The Balaban J connectivity index is 1.94. The summed E-state index contributed by atoms with van der Waals surface area (Å²) in [7, 11) is 0.